The Bertz CT molecular complexity index is 642. The van der Waals surface area contributed by atoms with Crippen molar-refractivity contribution in [3.05, 3.63) is 17.6 Å². The Morgan fingerprint density at radius 1 is 1.18 bits per heavy atom. The molecule has 2 heterocycles. The van der Waals surface area contributed by atoms with Crippen molar-refractivity contribution in [3.8, 4) is 0 Å². The highest BCUT2D eigenvalue weighted by atomic mass is 16.3. The lowest BCUT2D eigenvalue weighted by molar-refractivity contribution is 0.276. The highest BCUT2D eigenvalue weighted by Gasteiger charge is 2.19. The Balaban J connectivity index is 1.97. The summed E-state index contributed by atoms with van der Waals surface area (Å²) in [5, 5.41) is 14.1. The van der Waals surface area contributed by atoms with Gasteiger partial charge < -0.3 is 15.0 Å². The van der Waals surface area contributed by atoms with Crippen molar-refractivity contribution in [2.45, 2.75) is 65.0 Å². The second-order valence-electron chi connectivity index (χ2n) is 6.34. The van der Waals surface area contributed by atoms with Gasteiger partial charge in [0.25, 0.3) is 0 Å². The van der Waals surface area contributed by atoms with E-state index in [2.05, 4.69) is 33.7 Å². The normalized spacial score (nSPS) is 16.9. The topological polar surface area (TPSA) is 63.0 Å². The van der Waals surface area contributed by atoms with Crippen molar-refractivity contribution in [2.75, 3.05) is 11.9 Å². The third kappa shape index (κ3) is 2.82. The van der Waals surface area contributed by atoms with Gasteiger partial charge in [-0.25, -0.2) is 9.97 Å². The molecule has 0 amide bonds. The lowest BCUT2D eigenvalue weighted by Crippen LogP contribution is -2.19. The first-order valence-corrected chi connectivity index (χ1v) is 8.40. The predicted molar refractivity (Wildman–Crippen MR) is 89.2 cm³/mol. The molecule has 1 aliphatic carbocycles. The molecular formula is C17H26N4O. The van der Waals surface area contributed by atoms with Gasteiger partial charge in [0.05, 0.1) is 12.0 Å². The maximum Gasteiger partial charge on any atom is 0.146 e. The van der Waals surface area contributed by atoms with Gasteiger partial charge in [-0.2, -0.15) is 0 Å². The van der Waals surface area contributed by atoms with E-state index in [9.17, 15) is 5.11 Å². The van der Waals surface area contributed by atoms with E-state index in [0.29, 0.717) is 12.6 Å². The molecule has 5 nitrogen and oxygen atoms in total. The molecule has 3 rings (SSSR count). The number of hydrogen-bond acceptors (Lipinski definition) is 4. The molecule has 0 saturated heterocycles. The lowest BCUT2D eigenvalue weighted by Gasteiger charge is -2.17. The van der Waals surface area contributed by atoms with Crippen molar-refractivity contribution in [1.82, 2.24) is 14.5 Å². The third-order valence-corrected chi connectivity index (χ3v) is 4.93. The zero-order valence-corrected chi connectivity index (χ0v) is 13.6. The van der Waals surface area contributed by atoms with Crippen molar-refractivity contribution in [2.24, 2.45) is 0 Å². The average Bonchev–Trinajstić information content (AvgIpc) is 2.72. The summed E-state index contributed by atoms with van der Waals surface area (Å²) in [7, 11) is 0. The number of nitrogens with zero attached hydrogens (tertiary/aromatic N) is 3. The first kappa shape index (κ1) is 15.3. The third-order valence-electron chi connectivity index (χ3n) is 4.93. The van der Waals surface area contributed by atoms with Crippen molar-refractivity contribution in [3.63, 3.8) is 0 Å². The van der Waals surface area contributed by atoms with Crippen LogP contribution in [0.2, 0.25) is 0 Å². The summed E-state index contributed by atoms with van der Waals surface area (Å²) in [4.78, 5) is 8.96. The number of anilines is 1. The molecule has 2 aromatic heterocycles. The molecule has 1 saturated carbocycles. The number of hydrogen-bond donors (Lipinski definition) is 2. The summed E-state index contributed by atoms with van der Waals surface area (Å²) in [6, 6.07) is 0.515. The fraction of sp³-hybridized carbons (Fsp3) is 0.647. The molecule has 2 N–H and O–H groups in total. The molecule has 2 aromatic rings. The number of aliphatic hydroxyl groups excluding tert-OH is 1. The van der Waals surface area contributed by atoms with Crippen LogP contribution >= 0.6 is 0 Å². The average molecular weight is 302 g/mol. The number of aryl methyl sites for hydroxylation is 1. The van der Waals surface area contributed by atoms with Crippen LogP contribution in [0.5, 0.6) is 0 Å². The highest BCUT2D eigenvalue weighted by Crippen LogP contribution is 2.30. The molecule has 22 heavy (non-hydrogen) atoms. The minimum atomic E-state index is 0.124. The van der Waals surface area contributed by atoms with Gasteiger partial charge in [-0.1, -0.05) is 25.7 Å². The molecule has 120 valence electrons. The summed E-state index contributed by atoms with van der Waals surface area (Å²) in [5.74, 6) is 0.953. The van der Waals surface area contributed by atoms with E-state index >= 15 is 0 Å². The van der Waals surface area contributed by atoms with Gasteiger partial charge in [0.1, 0.15) is 17.8 Å². The van der Waals surface area contributed by atoms with Gasteiger partial charge in [-0.3, -0.25) is 0 Å². The minimum Gasteiger partial charge on any atom is -0.395 e. The van der Waals surface area contributed by atoms with E-state index < -0.39 is 0 Å². The summed E-state index contributed by atoms with van der Waals surface area (Å²) in [5.41, 5.74) is 3.30. The molecule has 0 unspecified atom stereocenters. The standard InChI is InChI=1S/C17H26N4O/c1-12-13(2)21(9-10-22)17-15(12)16(18-11-19-17)20-14-7-5-3-4-6-8-14/h11,14,22H,3-10H2,1-2H3,(H,18,19,20). The molecule has 0 aromatic carbocycles. The van der Waals surface area contributed by atoms with Gasteiger partial charge in [0.2, 0.25) is 0 Å². The van der Waals surface area contributed by atoms with Gasteiger partial charge in [0.15, 0.2) is 0 Å². The van der Waals surface area contributed by atoms with E-state index in [0.717, 1.165) is 22.5 Å². The van der Waals surface area contributed by atoms with Crippen LogP contribution in [0.25, 0.3) is 11.0 Å². The smallest absolute Gasteiger partial charge is 0.146 e. The lowest BCUT2D eigenvalue weighted by atomic mass is 10.1. The van der Waals surface area contributed by atoms with Crippen LogP contribution in [0.3, 0.4) is 0 Å². The Kier molecular flexibility index (Phi) is 4.62. The molecule has 0 atom stereocenters. The maximum atomic E-state index is 9.29. The van der Waals surface area contributed by atoms with Crippen LogP contribution in [-0.4, -0.2) is 32.3 Å². The molecule has 0 spiro atoms. The number of aromatic nitrogens is 3. The van der Waals surface area contributed by atoms with Crippen LogP contribution in [0.1, 0.15) is 49.8 Å². The van der Waals surface area contributed by atoms with Gasteiger partial charge >= 0.3 is 0 Å². The number of aliphatic hydroxyl groups is 1. The van der Waals surface area contributed by atoms with E-state index in [4.69, 9.17) is 0 Å². The Morgan fingerprint density at radius 2 is 1.91 bits per heavy atom. The van der Waals surface area contributed by atoms with Crippen molar-refractivity contribution in [1.29, 1.82) is 0 Å². The molecular weight excluding hydrogens is 276 g/mol. The van der Waals surface area contributed by atoms with E-state index in [-0.39, 0.29) is 6.61 Å². The molecule has 5 heteroatoms. The molecule has 0 bridgehead atoms. The van der Waals surface area contributed by atoms with Crippen molar-refractivity contribution >= 4 is 16.9 Å². The van der Waals surface area contributed by atoms with E-state index in [1.54, 1.807) is 6.33 Å². The zero-order chi connectivity index (χ0) is 15.5. The molecule has 0 radical (unpaired) electrons. The Morgan fingerprint density at radius 3 is 2.59 bits per heavy atom. The minimum absolute atomic E-state index is 0.124. The van der Waals surface area contributed by atoms with Gasteiger partial charge in [0, 0.05) is 18.3 Å². The quantitative estimate of drug-likeness (QED) is 0.852. The van der Waals surface area contributed by atoms with Crippen LogP contribution in [0, 0.1) is 13.8 Å². The molecule has 1 aliphatic rings. The zero-order valence-electron chi connectivity index (χ0n) is 13.6. The number of nitrogens with one attached hydrogen (secondary N) is 1. The van der Waals surface area contributed by atoms with Crippen LogP contribution in [0.15, 0.2) is 6.33 Å². The first-order valence-electron chi connectivity index (χ1n) is 8.40. The second-order valence-corrected chi connectivity index (χ2v) is 6.34. The monoisotopic (exact) mass is 302 g/mol. The molecule has 0 aliphatic heterocycles. The van der Waals surface area contributed by atoms with E-state index in [1.165, 1.54) is 44.1 Å². The summed E-state index contributed by atoms with van der Waals surface area (Å²) >= 11 is 0. The van der Waals surface area contributed by atoms with Gasteiger partial charge in [-0.05, 0) is 32.3 Å². The second kappa shape index (κ2) is 6.65. The largest absolute Gasteiger partial charge is 0.395 e. The van der Waals surface area contributed by atoms with Crippen LogP contribution < -0.4 is 5.32 Å². The highest BCUT2D eigenvalue weighted by molar-refractivity contribution is 5.92. The first-order chi connectivity index (χ1) is 10.7. The summed E-state index contributed by atoms with van der Waals surface area (Å²) < 4.78 is 2.09. The van der Waals surface area contributed by atoms with Crippen molar-refractivity contribution < 1.29 is 5.11 Å². The van der Waals surface area contributed by atoms with Crippen LogP contribution in [0.4, 0.5) is 5.82 Å². The fourth-order valence-corrected chi connectivity index (χ4v) is 3.57. The SMILES string of the molecule is Cc1c(C)n(CCO)c2ncnc(NC3CCCCCC3)c12. The molecule has 1 fully saturated rings. The van der Waals surface area contributed by atoms with Crippen LogP contribution in [-0.2, 0) is 6.54 Å². The number of fused-ring (bicyclic) bond motifs is 1. The fourth-order valence-electron chi connectivity index (χ4n) is 3.57. The van der Waals surface area contributed by atoms with Gasteiger partial charge in [-0.15, -0.1) is 0 Å². The Hall–Kier alpha value is -1.62. The summed E-state index contributed by atoms with van der Waals surface area (Å²) in [6.07, 6.45) is 9.38. The number of rotatable bonds is 4. The Labute approximate surface area is 131 Å². The maximum absolute atomic E-state index is 9.29. The summed E-state index contributed by atoms with van der Waals surface area (Å²) in [6.45, 7) is 4.91. The van der Waals surface area contributed by atoms with E-state index in [1.807, 2.05) is 0 Å². The predicted octanol–water partition coefficient (Wildman–Crippen LogP) is 3.18.